The lowest BCUT2D eigenvalue weighted by molar-refractivity contribution is 0.188. The molecule has 194 valence electrons. The summed E-state index contributed by atoms with van der Waals surface area (Å²) in [6.45, 7) is 6.05. The maximum atomic E-state index is 16.4. The van der Waals surface area contributed by atoms with Crippen molar-refractivity contribution in [2.45, 2.75) is 31.8 Å². The molecule has 0 radical (unpaired) electrons. The number of nitrogens with two attached hydrogens (primary N) is 1. The monoisotopic (exact) mass is 541 g/mol. The molecule has 8 nitrogen and oxygen atoms in total. The Morgan fingerprint density at radius 3 is 2.84 bits per heavy atom. The SMILES string of the molecule is C[C@H]1CNCCN1c1nc(OC[C@@H]2CCCN2C)nc2c(F)c(-c3cc(Cl)cc4sc(N)nc34)ccc12. The summed E-state index contributed by atoms with van der Waals surface area (Å²) in [4.78, 5) is 18.3. The third kappa shape index (κ3) is 4.56. The highest BCUT2D eigenvalue weighted by Crippen LogP contribution is 2.39. The number of halogens is 2. The van der Waals surface area contributed by atoms with E-state index in [2.05, 4.69) is 39.1 Å². The van der Waals surface area contributed by atoms with Gasteiger partial charge in [0.1, 0.15) is 17.9 Å². The Morgan fingerprint density at radius 2 is 2.05 bits per heavy atom. The number of likely N-dealkylation sites (N-methyl/N-ethyl adjacent to an activating group) is 1. The predicted molar refractivity (Wildman–Crippen MR) is 148 cm³/mol. The average molecular weight is 542 g/mol. The van der Waals surface area contributed by atoms with E-state index in [1.165, 1.54) is 11.3 Å². The molecule has 6 rings (SSSR count). The van der Waals surface area contributed by atoms with E-state index in [-0.39, 0.29) is 17.6 Å². The quantitative estimate of drug-likeness (QED) is 0.380. The van der Waals surface area contributed by atoms with Crippen LogP contribution in [-0.2, 0) is 0 Å². The van der Waals surface area contributed by atoms with Gasteiger partial charge in [-0.05, 0) is 51.6 Å². The van der Waals surface area contributed by atoms with Crippen LogP contribution in [0.15, 0.2) is 24.3 Å². The number of benzene rings is 2. The summed E-state index contributed by atoms with van der Waals surface area (Å²) in [6, 6.07) is 7.84. The van der Waals surface area contributed by atoms with E-state index in [1.807, 2.05) is 6.07 Å². The summed E-state index contributed by atoms with van der Waals surface area (Å²) in [5.41, 5.74) is 7.76. The number of aromatic nitrogens is 3. The summed E-state index contributed by atoms with van der Waals surface area (Å²) < 4.78 is 23.3. The molecule has 2 saturated heterocycles. The van der Waals surface area contributed by atoms with E-state index in [9.17, 15) is 0 Å². The van der Waals surface area contributed by atoms with Crippen LogP contribution >= 0.6 is 22.9 Å². The van der Waals surface area contributed by atoms with Gasteiger partial charge in [-0.3, -0.25) is 0 Å². The topological polar surface area (TPSA) is 92.4 Å². The van der Waals surface area contributed by atoms with E-state index in [0.717, 1.165) is 43.7 Å². The van der Waals surface area contributed by atoms with Crippen molar-refractivity contribution in [3.8, 4) is 17.1 Å². The third-order valence-electron chi connectivity index (χ3n) is 7.38. The maximum absolute atomic E-state index is 16.4. The van der Waals surface area contributed by atoms with Crippen LogP contribution in [0.2, 0.25) is 5.02 Å². The Labute approximate surface area is 223 Å². The zero-order valence-electron chi connectivity index (χ0n) is 20.8. The highest BCUT2D eigenvalue weighted by Gasteiger charge is 2.27. The van der Waals surface area contributed by atoms with Gasteiger partial charge in [-0.1, -0.05) is 29.0 Å². The van der Waals surface area contributed by atoms with Crippen molar-refractivity contribution in [3.63, 3.8) is 0 Å². The number of hydrogen-bond donors (Lipinski definition) is 2. The van der Waals surface area contributed by atoms with Crippen molar-refractivity contribution in [2.75, 3.05) is 50.5 Å². The highest BCUT2D eigenvalue weighted by atomic mass is 35.5. The molecule has 0 spiro atoms. The normalized spacial score (nSPS) is 20.8. The van der Waals surface area contributed by atoms with Gasteiger partial charge >= 0.3 is 6.01 Å². The number of nitrogens with zero attached hydrogens (tertiary/aromatic N) is 5. The summed E-state index contributed by atoms with van der Waals surface area (Å²) in [5, 5.41) is 4.96. The van der Waals surface area contributed by atoms with Gasteiger partial charge in [-0.25, -0.2) is 9.37 Å². The fraction of sp³-hybridized carbons (Fsp3) is 0.423. The van der Waals surface area contributed by atoms with Gasteiger partial charge in [-0.15, -0.1) is 0 Å². The van der Waals surface area contributed by atoms with Gasteiger partial charge in [0.2, 0.25) is 0 Å². The molecule has 2 aromatic heterocycles. The first kappa shape index (κ1) is 24.5. The Balaban J connectivity index is 1.49. The van der Waals surface area contributed by atoms with Crippen LogP contribution in [0.3, 0.4) is 0 Å². The molecule has 4 aromatic rings. The lowest BCUT2D eigenvalue weighted by atomic mass is 10.0. The second-order valence-corrected chi connectivity index (χ2v) is 11.3. The molecule has 0 saturated carbocycles. The fourth-order valence-electron chi connectivity index (χ4n) is 5.35. The lowest BCUT2D eigenvalue weighted by Crippen LogP contribution is -2.50. The lowest BCUT2D eigenvalue weighted by Gasteiger charge is -2.35. The van der Waals surface area contributed by atoms with Crippen LogP contribution in [0.5, 0.6) is 6.01 Å². The van der Waals surface area contributed by atoms with E-state index in [4.69, 9.17) is 27.1 Å². The maximum Gasteiger partial charge on any atom is 0.319 e. The molecule has 2 aromatic carbocycles. The largest absolute Gasteiger partial charge is 0.462 e. The van der Waals surface area contributed by atoms with E-state index in [0.29, 0.717) is 50.7 Å². The van der Waals surface area contributed by atoms with Crippen LogP contribution in [0.25, 0.3) is 32.2 Å². The number of nitrogens with one attached hydrogen (secondary N) is 1. The van der Waals surface area contributed by atoms with E-state index >= 15 is 4.39 Å². The van der Waals surface area contributed by atoms with Gasteiger partial charge in [0, 0.05) is 53.3 Å². The third-order valence-corrected chi connectivity index (χ3v) is 8.43. The van der Waals surface area contributed by atoms with Gasteiger partial charge in [0.05, 0.1) is 10.2 Å². The molecule has 2 aliphatic rings. The molecule has 2 aliphatic heterocycles. The van der Waals surface area contributed by atoms with Crippen LogP contribution in [0.4, 0.5) is 15.3 Å². The number of piperazine rings is 1. The van der Waals surface area contributed by atoms with Crippen LogP contribution in [0, 0.1) is 5.82 Å². The van der Waals surface area contributed by atoms with Crippen molar-refractivity contribution in [1.29, 1.82) is 0 Å². The Hall–Kier alpha value is -2.79. The number of hydrogen-bond acceptors (Lipinski definition) is 9. The number of anilines is 2. The second kappa shape index (κ2) is 9.83. The van der Waals surface area contributed by atoms with Crippen LogP contribution in [0.1, 0.15) is 19.8 Å². The Kier molecular flexibility index (Phi) is 6.52. The zero-order valence-corrected chi connectivity index (χ0v) is 22.4. The van der Waals surface area contributed by atoms with E-state index in [1.54, 1.807) is 18.2 Å². The summed E-state index contributed by atoms with van der Waals surface area (Å²) in [7, 11) is 2.10. The van der Waals surface area contributed by atoms with Gasteiger partial charge in [0.15, 0.2) is 10.9 Å². The number of fused-ring (bicyclic) bond motifs is 2. The van der Waals surface area contributed by atoms with Gasteiger partial charge < -0.3 is 25.6 Å². The van der Waals surface area contributed by atoms with Crippen LogP contribution < -0.4 is 20.7 Å². The van der Waals surface area contributed by atoms with Gasteiger partial charge in [0.25, 0.3) is 0 Å². The molecule has 0 aliphatic carbocycles. The molecule has 11 heteroatoms. The van der Waals surface area contributed by atoms with Gasteiger partial charge in [-0.2, -0.15) is 9.97 Å². The Bertz CT molecular complexity index is 1480. The first-order valence-corrected chi connectivity index (χ1v) is 13.7. The Morgan fingerprint density at radius 1 is 1.19 bits per heavy atom. The number of nitrogen functional groups attached to an aromatic ring is 1. The van der Waals surface area contributed by atoms with Crippen molar-refractivity contribution in [3.05, 3.63) is 35.1 Å². The first-order chi connectivity index (χ1) is 17.9. The van der Waals surface area contributed by atoms with Crippen molar-refractivity contribution < 1.29 is 9.13 Å². The van der Waals surface area contributed by atoms with Crippen molar-refractivity contribution in [1.82, 2.24) is 25.2 Å². The fourth-order valence-corrected chi connectivity index (χ4v) is 6.44. The molecule has 37 heavy (non-hydrogen) atoms. The standard InChI is InChI=1S/C26H29ClFN7OS/c1-14-12-30-7-9-35(14)24-18-6-5-17(19-10-15(27)11-20-22(19)31-25(29)37-20)21(28)23(18)32-26(33-24)36-13-16-4-3-8-34(16)2/h5-6,10-11,14,16,30H,3-4,7-9,12-13H2,1-2H3,(H2,29,31)/t14-,16-/m0/s1. The predicted octanol–water partition coefficient (Wildman–Crippen LogP) is 4.55. The number of thiazole rings is 1. The zero-order chi connectivity index (χ0) is 25.7. The molecule has 2 fully saturated rings. The molecular formula is C26H29ClFN7OS. The molecule has 0 unspecified atom stereocenters. The minimum absolute atomic E-state index is 0.189. The second-order valence-electron chi connectivity index (χ2n) is 9.84. The minimum atomic E-state index is -0.457. The smallest absolute Gasteiger partial charge is 0.319 e. The molecular weight excluding hydrogens is 513 g/mol. The van der Waals surface area contributed by atoms with Crippen molar-refractivity contribution >= 4 is 55.0 Å². The number of likely N-dealkylation sites (tertiary alicyclic amines) is 1. The van der Waals surface area contributed by atoms with E-state index < -0.39 is 5.82 Å². The summed E-state index contributed by atoms with van der Waals surface area (Å²) >= 11 is 7.72. The first-order valence-electron chi connectivity index (χ1n) is 12.6. The summed E-state index contributed by atoms with van der Waals surface area (Å²) in [5.74, 6) is 0.232. The minimum Gasteiger partial charge on any atom is -0.462 e. The molecule has 0 amide bonds. The van der Waals surface area contributed by atoms with Crippen LogP contribution in [-0.4, -0.2) is 71.8 Å². The summed E-state index contributed by atoms with van der Waals surface area (Å²) in [6.07, 6.45) is 2.20. The highest BCUT2D eigenvalue weighted by molar-refractivity contribution is 7.22. The average Bonchev–Trinajstić information content (AvgIpc) is 3.46. The molecule has 4 heterocycles. The molecule has 3 N–H and O–H groups in total. The number of ether oxygens (including phenoxy) is 1. The van der Waals surface area contributed by atoms with Crippen molar-refractivity contribution in [2.24, 2.45) is 0 Å². The number of rotatable bonds is 5. The molecule has 0 bridgehead atoms. The molecule has 2 atom stereocenters.